The second-order valence-corrected chi connectivity index (χ2v) is 8.18. The number of nitrogens with zero attached hydrogens (tertiary/aromatic N) is 3. The second-order valence-electron chi connectivity index (χ2n) is 7.95. The van der Waals surface area contributed by atoms with E-state index in [1.165, 1.54) is 6.20 Å². The second kappa shape index (κ2) is 8.81. The Labute approximate surface area is 183 Å². The van der Waals surface area contributed by atoms with Gasteiger partial charge in [-0.2, -0.15) is 0 Å². The van der Waals surface area contributed by atoms with Crippen molar-refractivity contribution < 1.29 is 14.1 Å². The fourth-order valence-corrected chi connectivity index (χ4v) is 4.90. The lowest BCUT2D eigenvalue weighted by Crippen LogP contribution is -2.50. The predicted octanol–water partition coefficient (Wildman–Crippen LogP) is 1.70. The fourth-order valence-electron chi connectivity index (χ4n) is 4.68. The number of carbonyl (C=O) groups is 2. The molecule has 4 heterocycles. The van der Waals surface area contributed by atoms with Crippen molar-refractivity contribution in [2.75, 3.05) is 19.6 Å². The molecule has 3 aliphatic heterocycles. The standard InChI is InChI=1S/C22H27N4O4P/c1-3-5-7-14(4-2)10-23-21(28)16-12-24-13-17-25-9-6-8-15(25)11-26(17)22(29)18(24)20(30-31)19(16)27/h3-5,7,12,15,17H,2,6,8-11,13,31H2,1H3,(H,23,28)/b5-3-,14-7+/t15?,17-/m0/s1. The number of aromatic nitrogens is 1. The molecule has 1 aromatic heterocycles. The first-order valence-corrected chi connectivity index (χ1v) is 10.9. The molecule has 0 aliphatic carbocycles. The van der Waals surface area contributed by atoms with Gasteiger partial charge in [-0.25, -0.2) is 0 Å². The summed E-state index contributed by atoms with van der Waals surface area (Å²) in [5, 5.41) is 2.76. The van der Waals surface area contributed by atoms with E-state index in [0.29, 0.717) is 19.1 Å². The normalized spacial score (nSPS) is 23.0. The molecule has 4 rings (SSSR count). The largest absolute Gasteiger partial charge is 0.474 e. The summed E-state index contributed by atoms with van der Waals surface area (Å²) in [5.74, 6) is -0.853. The number of carbonyl (C=O) groups excluding carboxylic acids is 2. The van der Waals surface area contributed by atoms with Crippen LogP contribution in [0.4, 0.5) is 0 Å². The van der Waals surface area contributed by atoms with Gasteiger partial charge in [0.15, 0.2) is 11.4 Å². The zero-order valence-electron chi connectivity index (χ0n) is 17.5. The quantitative estimate of drug-likeness (QED) is 0.536. The van der Waals surface area contributed by atoms with Crippen molar-refractivity contribution in [3.05, 3.63) is 64.1 Å². The maximum absolute atomic E-state index is 13.2. The zero-order valence-corrected chi connectivity index (χ0v) is 18.7. The lowest BCUT2D eigenvalue weighted by molar-refractivity contribution is 0.0516. The van der Waals surface area contributed by atoms with Crippen LogP contribution >= 0.6 is 9.47 Å². The maximum Gasteiger partial charge on any atom is 0.275 e. The van der Waals surface area contributed by atoms with Crippen molar-refractivity contribution >= 4 is 21.3 Å². The van der Waals surface area contributed by atoms with Gasteiger partial charge in [0.25, 0.3) is 11.8 Å². The average Bonchev–Trinajstić information content (AvgIpc) is 3.36. The third kappa shape index (κ3) is 3.75. The van der Waals surface area contributed by atoms with E-state index in [2.05, 4.69) is 16.8 Å². The van der Waals surface area contributed by atoms with E-state index in [4.69, 9.17) is 4.52 Å². The molecule has 2 fully saturated rings. The fraction of sp³-hybridized carbons (Fsp3) is 0.409. The minimum atomic E-state index is -0.595. The van der Waals surface area contributed by atoms with Crippen LogP contribution in [0.5, 0.6) is 5.75 Å². The molecule has 0 spiro atoms. The summed E-state index contributed by atoms with van der Waals surface area (Å²) in [5.41, 5.74) is 0.369. The van der Waals surface area contributed by atoms with Crippen molar-refractivity contribution in [3.63, 3.8) is 0 Å². The number of pyridine rings is 1. The number of hydrogen-bond donors (Lipinski definition) is 1. The molecule has 0 bridgehead atoms. The molecule has 1 aromatic rings. The van der Waals surface area contributed by atoms with Crippen LogP contribution in [0, 0.1) is 0 Å². The van der Waals surface area contributed by atoms with Gasteiger partial charge < -0.3 is 19.3 Å². The van der Waals surface area contributed by atoms with Crippen molar-refractivity contribution in [1.82, 2.24) is 19.7 Å². The SMILES string of the molecule is C=C/C(=C\C=C/C)CNC(=O)c1cn2c(c(OP)c1=O)C(=O)N1CC3CCCN3[C@@H]1C2. The lowest BCUT2D eigenvalue weighted by atomic mass is 10.1. The summed E-state index contributed by atoms with van der Waals surface area (Å²) in [4.78, 5) is 43.2. The third-order valence-corrected chi connectivity index (χ3v) is 6.45. The third-order valence-electron chi connectivity index (χ3n) is 6.21. The Hall–Kier alpha value is -2.70. The molecule has 0 radical (unpaired) electrons. The highest BCUT2D eigenvalue weighted by atomic mass is 31.0. The van der Waals surface area contributed by atoms with E-state index < -0.39 is 11.3 Å². The van der Waals surface area contributed by atoms with Crippen LogP contribution in [0.2, 0.25) is 0 Å². The first kappa shape index (κ1) is 21.5. The highest BCUT2D eigenvalue weighted by Gasteiger charge is 2.48. The van der Waals surface area contributed by atoms with Crippen LogP contribution in [0.25, 0.3) is 0 Å². The average molecular weight is 442 g/mol. The molecule has 0 aromatic carbocycles. The van der Waals surface area contributed by atoms with Crippen molar-refractivity contribution in [2.24, 2.45) is 0 Å². The van der Waals surface area contributed by atoms with Gasteiger partial charge in [-0.15, -0.1) is 0 Å². The van der Waals surface area contributed by atoms with Gasteiger partial charge in [-0.05, 0) is 25.3 Å². The Balaban J connectivity index is 1.65. The topological polar surface area (TPSA) is 83.9 Å². The Morgan fingerprint density at radius 3 is 2.90 bits per heavy atom. The van der Waals surface area contributed by atoms with Crippen LogP contribution in [-0.4, -0.2) is 58.0 Å². The van der Waals surface area contributed by atoms with Crippen LogP contribution in [0.1, 0.15) is 40.6 Å². The molecule has 3 aliphatic rings. The van der Waals surface area contributed by atoms with Gasteiger partial charge in [0, 0.05) is 31.9 Å². The van der Waals surface area contributed by atoms with Gasteiger partial charge >= 0.3 is 0 Å². The number of allylic oxidation sites excluding steroid dienone is 3. The first-order valence-electron chi connectivity index (χ1n) is 10.4. The summed E-state index contributed by atoms with van der Waals surface area (Å²) in [6.07, 6.45) is 10.8. The molecule has 164 valence electrons. The molecule has 8 nitrogen and oxygen atoms in total. The number of hydrogen-bond acceptors (Lipinski definition) is 5. The highest BCUT2D eigenvalue weighted by Crippen LogP contribution is 2.35. The minimum Gasteiger partial charge on any atom is -0.474 e. The number of nitrogens with one attached hydrogen (secondary N) is 1. The Kier molecular flexibility index (Phi) is 6.12. The molecule has 0 saturated carbocycles. The molecule has 1 N–H and O–H groups in total. The number of rotatable bonds is 6. The van der Waals surface area contributed by atoms with Crippen molar-refractivity contribution in [3.8, 4) is 5.75 Å². The monoisotopic (exact) mass is 442 g/mol. The van der Waals surface area contributed by atoms with E-state index >= 15 is 0 Å². The Bertz CT molecular complexity index is 1040. The highest BCUT2D eigenvalue weighted by molar-refractivity contribution is 7.10. The maximum atomic E-state index is 13.2. The zero-order chi connectivity index (χ0) is 22.1. The predicted molar refractivity (Wildman–Crippen MR) is 121 cm³/mol. The molecule has 9 heteroatoms. The summed E-state index contributed by atoms with van der Waals surface area (Å²) in [6, 6.07) is 0.361. The Morgan fingerprint density at radius 1 is 1.39 bits per heavy atom. The lowest BCUT2D eigenvalue weighted by Gasteiger charge is -2.36. The molecule has 2 saturated heterocycles. The van der Waals surface area contributed by atoms with E-state index in [1.807, 2.05) is 39.5 Å². The molecule has 2 amide bonds. The van der Waals surface area contributed by atoms with Crippen LogP contribution in [0.3, 0.4) is 0 Å². The van der Waals surface area contributed by atoms with Gasteiger partial charge in [0.1, 0.15) is 11.7 Å². The molecular formula is C22H27N4O4P. The first-order chi connectivity index (χ1) is 15.0. The summed E-state index contributed by atoms with van der Waals surface area (Å²) in [6.45, 7) is 7.99. The smallest absolute Gasteiger partial charge is 0.275 e. The molecule has 3 atom stereocenters. The van der Waals surface area contributed by atoms with E-state index in [0.717, 1.165) is 25.0 Å². The Morgan fingerprint density at radius 2 is 2.19 bits per heavy atom. The van der Waals surface area contributed by atoms with E-state index in [-0.39, 0.29) is 35.6 Å². The van der Waals surface area contributed by atoms with Gasteiger partial charge in [-0.1, -0.05) is 30.9 Å². The summed E-state index contributed by atoms with van der Waals surface area (Å²) in [7, 11) is 2.03. The van der Waals surface area contributed by atoms with Crippen molar-refractivity contribution in [2.45, 2.75) is 38.5 Å². The summed E-state index contributed by atoms with van der Waals surface area (Å²) < 4.78 is 6.95. The number of amides is 2. The van der Waals surface area contributed by atoms with Gasteiger partial charge in [0.2, 0.25) is 5.43 Å². The van der Waals surface area contributed by atoms with Crippen molar-refractivity contribution in [1.29, 1.82) is 0 Å². The molecule has 31 heavy (non-hydrogen) atoms. The van der Waals surface area contributed by atoms with Crippen LogP contribution in [0.15, 0.2) is 47.4 Å². The molecule has 2 unspecified atom stereocenters. The molecular weight excluding hydrogens is 415 g/mol. The van der Waals surface area contributed by atoms with Crippen LogP contribution in [-0.2, 0) is 6.54 Å². The minimum absolute atomic E-state index is 0.0483. The van der Waals surface area contributed by atoms with E-state index in [1.54, 1.807) is 10.6 Å². The van der Waals surface area contributed by atoms with Gasteiger partial charge in [0.05, 0.1) is 16.0 Å². The summed E-state index contributed by atoms with van der Waals surface area (Å²) >= 11 is 0. The van der Waals surface area contributed by atoms with Gasteiger partial charge in [-0.3, -0.25) is 19.3 Å². The van der Waals surface area contributed by atoms with E-state index in [9.17, 15) is 14.4 Å². The number of fused-ring (bicyclic) bond motifs is 4. The van der Waals surface area contributed by atoms with Crippen LogP contribution < -0.4 is 15.3 Å².